The largest absolute Gasteiger partial charge is 0.396 e. The molecular weight excluding hydrogens is 356 g/mol. The summed E-state index contributed by atoms with van der Waals surface area (Å²) in [7, 11) is 0. The molecule has 1 aromatic carbocycles. The summed E-state index contributed by atoms with van der Waals surface area (Å²) in [5.41, 5.74) is 0.626. The van der Waals surface area contributed by atoms with E-state index in [1.165, 1.54) is 6.42 Å². The van der Waals surface area contributed by atoms with Crippen LogP contribution >= 0.6 is 27.5 Å². The molecule has 0 heterocycles. The number of aliphatic hydroxyl groups is 1. The van der Waals surface area contributed by atoms with Crippen molar-refractivity contribution in [3.63, 3.8) is 0 Å². The number of carbonyl (C=O) groups is 1. The topological polar surface area (TPSA) is 52.6 Å². The number of nitrogens with one attached hydrogen (secondary N) is 1. The Labute approximate surface area is 138 Å². The van der Waals surface area contributed by atoms with E-state index in [0.29, 0.717) is 29.7 Å². The zero-order chi connectivity index (χ0) is 15.2. The molecule has 0 bridgehead atoms. The van der Waals surface area contributed by atoms with Crippen LogP contribution in [0.15, 0.2) is 22.7 Å². The minimum atomic E-state index is -0.0657. The van der Waals surface area contributed by atoms with E-state index in [4.69, 9.17) is 16.7 Å². The van der Waals surface area contributed by atoms with Crippen molar-refractivity contribution in [1.82, 2.24) is 4.90 Å². The second kappa shape index (κ2) is 8.13. The van der Waals surface area contributed by atoms with Gasteiger partial charge in [-0.15, -0.1) is 0 Å². The molecule has 0 atom stereocenters. The van der Waals surface area contributed by atoms with Crippen LogP contribution in [0.4, 0.5) is 5.69 Å². The number of hydrogen-bond acceptors (Lipinski definition) is 3. The summed E-state index contributed by atoms with van der Waals surface area (Å²) in [5.74, 6) is -0.0657. The zero-order valence-electron chi connectivity index (χ0n) is 11.8. The van der Waals surface area contributed by atoms with Gasteiger partial charge in [0.2, 0.25) is 5.91 Å². The molecule has 0 aliphatic heterocycles. The summed E-state index contributed by atoms with van der Waals surface area (Å²) in [6.45, 7) is 1.25. The second-order valence-electron chi connectivity index (χ2n) is 5.30. The molecule has 0 unspecified atom stereocenters. The molecule has 1 aromatic rings. The maximum absolute atomic E-state index is 12.2. The highest BCUT2D eigenvalue weighted by Crippen LogP contribution is 2.27. The first-order valence-corrected chi connectivity index (χ1v) is 8.37. The molecule has 4 nitrogen and oxygen atoms in total. The van der Waals surface area contributed by atoms with E-state index in [1.807, 2.05) is 6.07 Å². The minimum Gasteiger partial charge on any atom is -0.396 e. The summed E-state index contributed by atoms with van der Waals surface area (Å²) >= 11 is 9.44. The predicted molar refractivity (Wildman–Crippen MR) is 88.7 cm³/mol. The third kappa shape index (κ3) is 4.95. The predicted octanol–water partition coefficient (Wildman–Crippen LogP) is 3.28. The molecule has 116 valence electrons. The quantitative estimate of drug-likeness (QED) is 0.769. The van der Waals surface area contributed by atoms with Crippen LogP contribution < -0.4 is 5.32 Å². The van der Waals surface area contributed by atoms with Crippen molar-refractivity contribution in [2.24, 2.45) is 0 Å². The van der Waals surface area contributed by atoms with E-state index in [1.54, 1.807) is 12.1 Å². The van der Waals surface area contributed by atoms with Gasteiger partial charge in [0.05, 0.1) is 17.3 Å². The van der Waals surface area contributed by atoms with Crippen LogP contribution in [0.25, 0.3) is 0 Å². The van der Waals surface area contributed by atoms with Crippen molar-refractivity contribution in [2.45, 2.75) is 31.7 Å². The van der Waals surface area contributed by atoms with Crippen LogP contribution in [0, 0.1) is 0 Å². The van der Waals surface area contributed by atoms with E-state index >= 15 is 0 Å². The molecular formula is C15H20BrClN2O2. The number of benzene rings is 1. The fourth-order valence-electron chi connectivity index (χ4n) is 2.38. The first-order valence-electron chi connectivity index (χ1n) is 7.20. The Morgan fingerprint density at radius 3 is 2.81 bits per heavy atom. The van der Waals surface area contributed by atoms with Crippen LogP contribution in [-0.4, -0.2) is 41.7 Å². The van der Waals surface area contributed by atoms with Crippen LogP contribution in [0.1, 0.15) is 25.7 Å². The standard InChI is InChI=1S/C15H20BrClN2O2/c16-11-5-6-14(13(17)9-11)18-15(21)10-19(7-2-8-20)12-3-1-4-12/h5-6,9,12,20H,1-4,7-8,10H2,(H,18,21). The van der Waals surface area contributed by atoms with Gasteiger partial charge in [0.15, 0.2) is 0 Å². The molecule has 2 N–H and O–H groups in total. The lowest BCUT2D eigenvalue weighted by Gasteiger charge is -2.37. The lowest BCUT2D eigenvalue weighted by Crippen LogP contribution is -2.45. The molecule has 6 heteroatoms. The van der Waals surface area contributed by atoms with E-state index in [0.717, 1.165) is 23.9 Å². The fraction of sp³-hybridized carbons (Fsp3) is 0.533. The number of hydrogen-bond donors (Lipinski definition) is 2. The van der Waals surface area contributed by atoms with Crippen LogP contribution in [0.2, 0.25) is 5.02 Å². The Morgan fingerprint density at radius 2 is 2.24 bits per heavy atom. The molecule has 2 rings (SSSR count). The van der Waals surface area contributed by atoms with Crippen LogP contribution in [0.5, 0.6) is 0 Å². The lowest BCUT2D eigenvalue weighted by molar-refractivity contribution is -0.118. The maximum atomic E-state index is 12.2. The molecule has 0 radical (unpaired) electrons. The normalized spacial score (nSPS) is 15.0. The van der Waals surface area contributed by atoms with Gasteiger partial charge in [0.1, 0.15) is 0 Å². The summed E-state index contributed by atoms with van der Waals surface area (Å²) in [6, 6.07) is 5.86. The Hall–Kier alpha value is -0.620. The van der Waals surface area contributed by atoms with Gasteiger partial charge in [-0.2, -0.15) is 0 Å². The lowest BCUT2D eigenvalue weighted by atomic mass is 9.91. The minimum absolute atomic E-state index is 0.0657. The highest BCUT2D eigenvalue weighted by molar-refractivity contribution is 9.10. The Morgan fingerprint density at radius 1 is 1.48 bits per heavy atom. The number of nitrogens with zero attached hydrogens (tertiary/aromatic N) is 1. The zero-order valence-corrected chi connectivity index (χ0v) is 14.2. The van der Waals surface area contributed by atoms with Gasteiger partial charge in [0, 0.05) is 23.7 Å². The van der Waals surface area contributed by atoms with Gasteiger partial charge in [-0.3, -0.25) is 9.69 Å². The summed E-state index contributed by atoms with van der Waals surface area (Å²) in [6.07, 6.45) is 4.19. The highest BCUT2D eigenvalue weighted by Gasteiger charge is 2.26. The highest BCUT2D eigenvalue weighted by atomic mass is 79.9. The van der Waals surface area contributed by atoms with Gasteiger partial charge < -0.3 is 10.4 Å². The number of carbonyl (C=O) groups excluding carboxylic acids is 1. The Kier molecular flexibility index (Phi) is 6.48. The average molecular weight is 376 g/mol. The molecule has 1 saturated carbocycles. The van der Waals surface area contributed by atoms with Crippen molar-refractivity contribution < 1.29 is 9.90 Å². The first-order chi connectivity index (χ1) is 10.1. The SMILES string of the molecule is O=C(CN(CCCO)C1CCC1)Nc1ccc(Br)cc1Cl. The first kappa shape index (κ1) is 16.7. The molecule has 0 saturated heterocycles. The Bertz CT molecular complexity index is 495. The van der Waals surface area contributed by atoms with Gasteiger partial charge in [-0.25, -0.2) is 0 Å². The number of aliphatic hydroxyl groups excluding tert-OH is 1. The summed E-state index contributed by atoms with van der Waals surface area (Å²) < 4.78 is 0.879. The fourth-order valence-corrected chi connectivity index (χ4v) is 3.10. The third-order valence-corrected chi connectivity index (χ3v) is 4.55. The third-order valence-electron chi connectivity index (χ3n) is 3.75. The molecule has 1 fully saturated rings. The molecule has 1 aliphatic carbocycles. The van der Waals surface area contributed by atoms with Gasteiger partial charge in [0.25, 0.3) is 0 Å². The molecule has 0 spiro atoms. The number of amides is 1. The van der Waals surface area contributed by atoms with Crippen molar-refractivity contribution in [2.75, 3.05) is 25.0 Å². The van der Waals surface area contributed by atoms with E-state index in [9.17, 15) is 4.79 Å². The van der Waals surface area contributed by atoms with Crippen molar-refractivity contribution in [1.29, 1.82) is 0 Å². The maximum Gasteiger partial charge on any atom is 0.238 e. The van der Waals surface area contributed by atoms with Crippen LogP contribution in [-0.2, 0) is 4.79 Å². The van der Waals surface area contributed by atoms with Gasteiger partial charge >= 0.3 is 0 Å². The van der Waals surface area contributed by atoms with Crippen LogP contribution in [0.3, 0.4) is 0 Å². The number of anilines is 1. The monoisotopic (exact) mass is 374 g/mol. The second-order valence-corrected chi connectivity index (χ2v) is 6.63. The number of halogens is 2. The van der Waals surface area contributed by atoms with Crippen molar-refractivity contribution in [3.05, 3.63) is 27.7 Å². The van der Waals surface area contributed by atoms with E-state index in [2.05, 4.69) is 26.1 Å². The Balaban J connectivity index is 1.91. The molecule has 21 heavy (non-hydrogen) atoms. The van der Waals surface area contributed by atoms with E-state index < -0.39 is 0 Å². The van der Waals surface area contributed by atoms with Gasteiger partial charge in [-0.05, 0) is 37.5 Å². The smallest absolute Gasteiger partial charge is 0.238 e. The number of rotatable bonds is 7. The van der Waals surface area contributed by atoms with Gasteiger partial charge in [-0.1, -0.05) is 34.0 Å². The summed E-state index contributed by atoms with van der Waals surface area (Å²) in [4.78, 5) is 14.3. The van der Waals surface area contributed by atoms with Crippen molar-refractivity contribution >= 4 is 39.1 Å². The molecule has 0 aromatic heterocycles. The molecule has 1 aliphatic rings. The molecule has 1 amide bonds. The van der Waals surface area contributed by atoms with E-state index in [-0.39, 0.29) is 12.5 Å². The van der Waals surface area contributed by atoms with Crippen molar-refractivity contribution in [3.8, 4) is 0 Å². The average Bonchev–Trinajstić information content (AvgIpc) is 2.37. The summed E-state index contributed by atoms with van der Waals surface area (Å²) in [5, 5.41) is 12.3.